The summed E-state index contributed by atoms with van der Waals surface area (Å²) in [6.45, 7) is 6.25. The average molecular weight is 370 g/mol. The number of benzene rings is 1. The molecule has 3 aliphatic rings. The van der Waals surface area contributed by atoms with Crippen molar-refractivity contribution in [1.82, 2.24) is 9.80 Å². The van der Waals surface area contributed by atoms with E-state index in [0.29, 0.717) is 18.4 Å². The van der Waals surface area contributed by atoms with E-state index in [1.165, 1.54) is 16.8 Å². The third kappa shape index (κ3) is 2.67. The molecule has 0 bridgehead atoms. The van der Waals surface area contributed by atoms with E-state index < -0.39 is 6.04 Å². The molecule has 142 valence electrons. The molecular formula is C19H24N5O3+. The lowest BCUT2D eigenvalue weighted by atomic mass is 10.1. The Hall–Kier alpha value is -2.90. The number of guanidine groups is 1. The molecule has 0 spiro atoms. The molecule has 1 saturated heterocycles. The smallest absolute Gasteiger partial charge is 0.397 e. The van der Waals surface area contributed by atoms with Gasteiger partial charge in [0.2, 0.25) is 11.9 Å². The van der Waals surface area contributed by atoms with Crippen LogP contribution >= 0.6 is 0 Å². The number of ether oxygens (including phenoxy) is 1. The van der Waals surface area contributed by atoms with Crippen molar-refractivity contribution in [2.45, 2.75) is 19.9 Å². The minimum absolute atomic E-state index is 0.229. The Kier molecular flexibility index (Phi) is 4.13. The van der Waals surface area contributed by atoms with Crippen molar-refractivity contribution in [2.75, 3.05) is 38.7 Å². The topological polar surface area (TPSA) is 68.5 Å². The number of rotatable bonds is 3. The normalized spacial score (nSPS) is 24.9. The van der Waals surface area contributed by atoms with E-state index in [1.807, 2.05) is 35.8 Å². The zero-order chi connectivity index (χ0) is 19.3. The summed E-state index contributed by atoms with van der Waals surface area (Å²) in [5.41, 5.74) is 0.989. The molecule has 3 amide bonds. The number of nitrogens with zero attached hydrogens (tertiary/aromatic N) is 5. The maximum atomic E-state index is 12.8. The fourth-order valence-corrected chi connectivity index (χ4v) is 3.88. The van der Waals surface area contributed by atoms with Gasteiger partial charge in [0.05, 0.1) is 19.7 Å². The molecule has 4 rings (SSSR count). The van der Waals surface area contributed by atoms with Gasteiger partial charge in [-0.3, -0.25) is 14.6 Å². The molecule has 1 fully saturated rings. The van der Waals surface area contributed by atoms with Crippen LogP contribution in [0.5, 0.6) is 5.75 Å². The Morgan fingerprint density at radius 3 is 2.56 bits per heavy atom. The van der Waals surface area contributed by atoms with Gasteiger partial charge in [0.25, 0.3) is 5.91 Å². The highest BCUT2D eigenvalue weighted by Crippen LogP contribution is 2.28. The van der Waals surface area contributed by atoms with Gasteiger partial charge in [0.15, 0.2) is 0 Å². The van der Waals surface area contributed by atoms with Crippen LogP contribution in [0.3, 0.4) is 0 Å². The van der Waals surface area contributed by atoms with Gasteiger partial charge >= 0.3 is 12.0 Å². The van der Waals surface area contributed by atoms with Gasteiger partial charge in [-0.2, -0.15) is 0 Å². The number of hydrogen-bond acceptors (Lipinski definition) is 5. The molecule has 3 aliphatic heterocycles. The van der Waals surface area contributed by atoms with E-state index in [0.717, 1.165) is 30.5 Å². The van der Waals surface area contributed by atoms with E-state index in [9.17, 15) is 9.59 Å². The summed E-state index contributed by atoms with van der Waals surface area (Å²) in [6.07, 6.45) is 0. The van der Waals surface area contributed by atoms with Crippen LogP contribution in [0, 0.1) is 5.92 Å². The number of amides is 3. The molecule has 0 N–H and O–H groups in total. The van der Waals surface area contributed by atoms with Gasteiger partial charge < -0.3 is 4.74 Å². The first kappa shape index (κ1) is 17.5. The Labute approximate surface area is 158 Å². The van der Waals surface area contributed by atoms with Gasteiger partial charge in [-0.1, -0.05) is 11.9 Å². The maximum Gasteiger partial charge on any atom is 0.397 e. The molecule has 2 atom stereocenters. The predicted octanol–water partition coefficient (Wildman–Crippen LogP) is 1.21. The van der Waals surface area contributed by atoms with E-state index in [1.54, 1.807) is 7.05 Å². The lowest BCUT2D eigenvalue weighted by Crippen LogP contribution is -2.62. The van der Waals surface area contributed by atoms with Crippen molar-refractivity contribution in [3.63, 3.8) is 0 Å². The van der Waals surface area contributed by atoms with Gasteiger partial charge in [-0.15, -0.1) is 0 Å². The molecule has 0 aliphatic carbocycles. The average Bonchev–Trinajstić information content (AvgIpc) is 3.04. The maximum absolute atomic E-state index is 12.8. The highest BCUT2D eigenvalue weighted by atomic mass is 16.5. The second-order valence-electron chi connectivity index (χ2n) is 7.21. The largest absolute Gasteiger partial charge is 0.494 e. The van der Waals surface area contributed by atoms with Crippen molar-refractivity contribution in [3.8, 4) is 5.75 Å². The molecule has 3 heterocycles. The molecular weight excluding hydrogens is 346 g/mol. The highest BCUT2D eigenvalue weighted by Gasteiger charge is 2.54. The van der Waals surface area contributed by atoms with Crippen LogP contribution in [0.15, 0.2) is 29.3 Å². The number of carbonyl (C=O) groups excluding carboxylic acids is 2. The van der Waals surface area contributed by atoms with E-state index in [4.69, 9.17) is 9.73 Å². The molecule has 27 heavy (non-hydrogen) atoms. The number of imide groups is 1. The number of aliphatic imine (C=N–C) groups is 1. The zero-order valence-corrected chi connectivity index (χ0v) is 16.0. The number of likely N-dealkylation sites (N-methyl/N-ethyl adjacent to an activating group) is 2. The number of fused-ring (bicyclic) bond motifs is 2. The Morgan fingerprint density at radius 2 is 1.89 bits per heavy atom. The summed E-state index contributed by atoms with van der Waals surface area (Å²) >= 11 is 0. The first-order chi connectivity index (χ1) is 12.9. The van der Waals surface area contributed by atoms with Crippen molar-refractivity contribution < 1.29 is 18.9 Å². The standard InChI is InChI=1S/C19H24N5O3/c1-5-27-14-8-6-13(7-9-14)23-10-12(2)11-24-15-16(20-18(23)24)21(3)19(26)22(4)17(15)25/h6-9,12,15H,5,10-11H2,1-4H3/q+1. The zero-order valence-electron chi connectivity index (χ0n) is 16.0. The number of urea groups is 1. The quantitative estimate of drug-likeness (QED) is 0.750. The number of hydrogen-bond donors (Lipinski definition) is 0. The number of anilines is 1. The second kappa shape index (κ2) is 6.37. The summed E-state index contributed by atoms with van der Waals surface area (Å²) in [7, 11) is 3.19. The number of carbonyl (C=O) groups is 2. The fraction of sp³-hybridized carbons (Fsp3) is 0.474. The molecule has 0 radical (unpaired) electrons. The van der Waals surface area contributed by atoms with E-state index >= 15 is 0 Å². The van der Waals surface area contributed by atoms with Crippen LogP contribution in [0.2, 0.25) is 0 Å². The van der Waals surface area contributed by atoms with Crippen LogP contribution in [0.1, 0.15) is 13.8 Å². The van der Waals surface area contributed by atoms with Gasteiger partial charge in [-0.05, 0) is 31.2 Å². The first-order valence-electron chi connectivity index (χ1n) is 9.20. The summed E-state index contributed by atoms with van der Waals surface area (Å²) in [5, 5.41) is 0. The Morgan fingerprint density at radius 1 is 1.19 bits per heavy atom. The molecule has 0 aromatic heterocycles. The molecule has 8 nitrogen and oxygen atoms in total. The second-order valence-corrected chi connectivity index (χ2v) is 7.21. The minimum atomic E-state index is -0.541. The molecule has 1 aromatic rings. The Balaban J connectivity index is 1.74. The van der Waals surface area contributed by atoms with Crippen LogP contribution in [-0.2, 0) is 4.79 Å². The fourth-order valence-electron chi connectivity index (χ4n) is 3.88. The summed E-state index contributed by atoms with van der Waals surface area (Å²) in [5.74, 6) is 2.16. The summed E-state index contributed by atoms with van der Waals surface area (Å²) in [4.78, 5) is 34.6. The molecule has 1 aromatic carbocycles. The van der Waals surface area contributed by atoms with Crippen LogP contribution < -0.4 is 9.64 Å². The van der Waals surface area contributed by atoms with Crippen molar-refractivity contribution in [2.24, 2.45) is 10.9 Å². The third-order valence-electron chi connectivity index (χ3n) is 5.21. The number of amidine groups is 1. The van der Waals surface area contributed by atoms with Gasteiger partial charge in [0.1, 0.15) is 11.4 Å². The van der Waals surface area contributed by atoms with E-state index in [2.05, 4.69) is 11.8 Å². The van der Waals surface area contributed by atoms with Crippen LogP contribution in [0.4, 0.5) is 10.5 Å². The van der Waals surface area contributed by atoms with Crippen molar-refractivity contribution in [3.05, 3.63) is 24.3 Å². The SMILES string of the molecule is CCOc1ccc(N2CC(C)C[N+]3=C2N=C2C3C(=O)N(C)C(=O)N2C)cc1. The van der Waals surface area contributed by atoms with Crippen LogP contribution in [-0.4, -0.2) is 77.9 Å². The van der Waals surface area contributed by atoms with Crippen molar-refractivity contribution >= 4 is 29.4 Å². The predicted molar refractivity (Wildman–Crippen MR) is 101 cm³/mol. The summed E-state index contributed by atoms with van der Waals surface area (Å²) in [6, 6.07) is 6.98. The Bertz CT molecular complexity index is 861. The van der Waals surface area contributed by atoms with Crippen LogP contribution in [0.25, 0.3) is 0 Å². The summed E-state index contributed by atoms with van der Waals surface area (Å²) < 4.78 is 7.54. The highest BCUT2D eigenvalue weighted by molar-refractivity contribution is 6.23. The van der Waals surface area contributed by atoms with Gasteiger partial charge in [-0.25, -0.2) is 14.3 Å². The van der Waals surface area contributed by atoms with E-state index in [-0.39, 0.29) is 11.9 Å². The first-order valence-corrected chi connectivity index (χ1v) is 9.20. The lowest BCUT2D eigenvalue weighted by molar-refractivity contribution is -0.545. The van der Waals surface area contributed by atoms with Gasteiger partial charge in [0, 0.05) is 20.0 Å². The molecule has 0 saturated carbocycles. The lowest BCUT2D eigenvalue weighted by Gasteiger charge is -2.33. The third-order valence-corrected chi connectivity index (χ3v) is 5.21. The monoisotopic (exact) mass is 370 g/mol. The minimum Gasteiger partial charge on any atom is -0.494 e. The molecule has 2 unspecified atom stereocenters. The molecule has 8 heteroatoms. The van der Waals surface area contributed by atoms with Crippen molar-refractivity contribution in [1.29, 1.82) is 0 Å².